The summed E-state index contributed by atoms with van der Waals surface area (Å²) in [6.07, 6.45) is 3.03. The molecule has 0 aliphatic carbocycles. The fraction of sp³-hybridized carbons (Fsp3) is 0.214. The zero-order valence-corrected chi connectivity index (χ0v) is 11.2. The summed E-state index contributed by atoms with van der Waals surface area (Å²) in [7, 11) is 0. The normalized spacial score (nSPS) is 9.75. The van der Waals surface area contributed by atoms with E-state index in [1.54, 1.807) is 19.2 Å². The Morgan fingerprint density at radius 1 is 1.45 bits per heavy atom. The highest BCUT2D eigenvalue weighted by molar-refractivity contribution is 6.03. The highest BCUT2D eigenvalue weighted by Gasteiger charge is 2.13. The van der Waals surface area contributed by atoms with Crippen molar-refractivity contribution in [3.8, 4) is 11.8 Å². The summed E-state index contributed by atoms with van der Waals surface area (Å²) in [5.41, 5.74) is 7.86. The second kappa shape index (κ2) is 5.99. The van der Waals surface area contributed by atoms with Gasteiger partial charge in [-0.25, -0.2) is 0 Å². The van der Waals surface area contributed by atoms with Gasteiger partial charge in [0, 0.05) is 23.5 Å². The van der Waals surface area contributed by atoms with Crippen molar-refractivity contribution in [1.82, 2.24) is 10.1 Å². The fourth-order valence-electron chi connectivity index (χ4n) is 1.49. The molecule has 0 saturated heterocycles. The molecule has 2 aromatic rings. The zero-order chi connectivity index (χ0) is 14.5. The van der Waals surface area contributed by atoms with Gasteiger partial charge in [-0.15, -0.1) is 0 Å². The van der Waals surface area contributed by atoms with E-state index in [4.69, 9.17) is 10.3 Å². The van der Waals surface area contributed by atoms with Gasteiger partial charge in [-0.05, 0) is 19.9 Å². The van der Waals surface area contributed by atoms with Gasteiger partial charge in [0.2, 0.25) is 5.88 Å². The first-order valence-corrected chi connectivity index (χ1v) is 6.00. The molecule has 0 spiro atoms. The Labute approximate surface area is 116 Å². The third-order valence-electron chi connectivity index (χ3n) is 2.72. The van der Waals surface area contributed by atoms with Crippen LogP contribution in [0.4, 0.5) is 5.88 Å². The van der Waals surface area contributed by atoms with Gasteiger partial charge in [-0.2, -0.15) is 0 Å². The molecule has 0 aromatic carbocycles. The van der Waals surface area contributed by atoms with E-state index in [1.807, 2.05) is 6.92 Å². The largest absolute Gasteiger partial charge is 0.338 e. The third-order valence-corrected chi connectivity index (χ3v) is 2.72. The number of aromatic nitrogens is 2. The molecule has 20 heavy (non-hydrogen) atoms. The van der Waals surface area contributed by atoms with Crippen molar-refractivity contribution in [2.75, 3.05) is 11.9 Å². The van der Waals surface area contributed by atoms with Crippen molar-refractivity contribution in [3.63, 3.8) is 0 Å². The monoisotopic (exact) mass is 270 g/mol. The van der Waals surface area contributed by atoms with Crippen molar-refractivity contribution in [3.05, 3.63) is 40.8 Å². The molecule has 6 heteroatoms. The second-order valence-electron chi connectivity index (χ2n) is 4.14. The summed E-state index contributed by atoms with van der Waals surface area (Å²) in [5.74, 6) is 5.55. The van der Waals surface area contributed by atoms with Gasteiger partial charge in [0.15, 0.2) is 0 Å². The molecule has 0 aliphatic heterocycles. The number of nitrogens with two attached hydrogens (primary N) is 1. The molecule has 0 unspecified atom stereocenters. The van der Waals surface area contributed by atoms with Gasteiger partial charge in [-0.1, -0.05) is 17.0 Å². The number of rotatable bonds is 2. The van der Waals surface area contributed by atoms with E-state index < -0.39 is 0 Å². The van der Waals surface area contributed by atoms with Gasteiger partial charge in [0.25, 0.3) is 5.91 Å². The Hall–Kier alpha value is -2.65. The molecule has 0 fully saturated rings. The second-order valence-corrected chi connectivity index (χ2v) is 4.14. The first-order valence-electron chi connectivity index (χ1n) is 6.00. The van der Waals surface area contributed by atoms with Crippen LogP contribution in [-0.4, -0.2) is 22.6 Å². The maximum atomic E-state index is 12.1. The van der Waals surface area contributed by atoms with E-state index >= 15 is 0 Å². The lowest BCUT2D eigenvalue weighted by atomic mass is 10.2. The van der Waals surface area contributed by atoms with Crippen molar-refractivity contribution in [1.29, 1.82) is 0 Å². The van der Waals surface area contributed by atoms with Crippen LogP contribution >= 0.6 is 0 Å². The predicted octanol–water partition coefficient (Wildman–Crippen LogP) is 1.25. The third kappa shape index (κ3) is 3.02. The van der Waals surface area contributed by atoms with Crippen LogP contribution in [-0.2, 0) is 0 Å². The Balaban J connectivity index is 2.19. The fourth-order valence-corrected chi connectivity index (χ4v) is 1.49. The molecule has 2 heterocycles. The number of carbonyl (C=O) groups excluding carboxylic acids is 1. The standard InChI is InChI=1S/C14H14N4O2/c1-9-10(2)18-20-14(9)17-13(19)12-6-11(4-3-5-15)7-16-8-12/h6-8H,5,15H2,1-2H3,(H,17,19). The van der Waals surface area contributed by atoms with Crippen LogP contribution in [0.1, 0.15) is 27.2 Å². The Bertz CT molecular complexity index is 695. The Kier molecular flexibility index (Phi) is 4.13. The minimum Gasteiger partial charge on any atom is -0.338 e. The molecule has 0 bridgehead atoms. The lowest BCUT2D eigenvalue weighted by Gasteiger charge is -2.02. The van der Waals surface area contributed by atoms with Crippen molar-refractivity contribution < 1.29 is 9.32 Å². The average molecular weight is 270 g/mol. The minimum atomic E-state index is -0.326. The SMILES string of the molecule is Cc1noc(NC(=O)c2cncc(C#CCN)c2)c1C. The Morgan fingerprint density at radius 2 is 2.25 bits per heavy atom. The van der Waals surface area contributed by atoms with Gasteiger partial charge >= 0.3 is 0 Å². The van der Waals surface area contributed by atoms with Crippen LogP contribution < -0.4 is 11.1 Å². The molecule has 2 aromatic heterocycles. The average Bonchev–Trinajstić information content (AvgIpc) is 2.77. The topological polar surface area (TPSA) is 94.0 Å². The highest BCUT2D eigenvalue weighted by Crippen LogP contribution is 2.18. The number of anilines is 1. The quantitative estimate of drug-likeness (QED) is 0.801. The Morgan fingerprint density at radius 3 is 2.90 bits per heavy atom. The number of pyridine rings is 1. The molecule has 102 valence electrons. The molecular weight excluding hydrogens is 256 g/mol. The van der Waals surface area contributed by atoms with Gasteiger partial charge in [0.05, 0.1) is 17.8 Å². The van der Waals surface area contributed by atoms with Crippen LogP contribution in [0.2, 0.25) is 0 Å². The summed E-state index contributed by atoms with van der Waals surface area (Å²) >= 11 is 0. The number of nitrogens with one attached hydrogen (secondary N) is 1. The van der Waals surface area contributed by atoms with Gasteiger partial charge in [-0.3, -0.25) is 15.1 Å². The molecule has 0 atom stereocenters. The van der Waals surface area contributed by atoms with Crippen molar-refractivity contribution in [2.45, 2.75) is 13.8 Å². The number of nitrogens with zero attached hydrogens (tertiary/aromatic N) is 2. The summed E-state index contributed by atoms with van der Waals surface area (Å²) in [4.78, 5) is 16.1. The molecule has 1 amide bonds. The van der Waals surface area contributed by atoms with Crippen LogP contribution in [0.3, 0.4) is 0 Å². The summed E-state index contributed by atoms with van der Waals surface area (Å²) < 4.78 is 5.04. The summed E-state index contributed by atoms with van der Waals surface area (Å²) in [6, 6.07) is 1.64. The van der Waals surface area contributed by atoms with E-state index in [0.29, 0.717) is 17.0 Å². The van der Waals surface area contributed by atoms with Crippen LogP contribution in [0.5, 0.6) is 0 Å². The van der Waals surface area contributed by atoms with Crippen LogP contribution in [0, 0.1) is 25.7 Å². The smallest absolute Gasteiger partial charge is 0.259 e. The summed E-state index contributed by atoms with van der Waals surface area (Å²) in [6.45, 7) is 3.88. The first-order chi connectivity index (χ1) is 9.61. The molecule has 0 radical (unpaired) electrons. The van der Waals surface area contributed by atoms with Crippen LogP contribution in [0.25, 0.3) is 0 Å². The molecule has 0 aliphatic rings. The first kappa shape index (κ1) is 13.8. The van der Waals surface area contributed by atoms with E-state index in [0.717, 1.165) is 11.3 Å². The lowest BCUT2D eigenvalue weighted by molar-refractivity contribution is 0.102. The number of hydrogen-bond acceptors (Lipinski definition) is 5. The predicted molar refractivity (Wildman–Crippen MR) is 74.1 cm³/mol. The molecule has 3 N–H and O–H groups in total. The summed E-state index contributed by atoms with van der Waals surface area (Å²) in [5, 5.41) is 6.43. The zero-order valence-electron chi connectivity index (χ0n) is 11.2. The highest BCUT2D eigenvalue weighted by atomic mass is 16.5. The lowest BCUT2D eigenvalue weighted by Crippen LogP contribution is -2.12. The molecule has 0 saturated carbocycles. The number of amides is 1. The van der Waals surface area contributed by atoms with E-state index in [2.05, 4.69) is 27.3 Å². The number of carbonyl (C=O) groups is 1. The van der Waals surface area contributed by atoms with Crippen molar-refractivity contribution >= 4 is 11.8 Å². The number of hydrogen-bond donors (Lipinski definition) is 2. The molecular formula is C14H14N4O2. The molecule has 2 rings (SSSR count). The minimum absolute atomic E-state index is 0.257. The van der Waals surface area contributed by atoms with Crippen LogP contribution in [0.15, 0.2) is 23.0 Å². The van der Waals surface area contributed by atoms with Crippen molar-refractivity contribution in [2.24, 2.45) is 5.73 Å². The van der Waals surface area contributed by atoms with Gasteiger partial charge in [0.1, 0.15) is 0 Å². The number of aryl methyl sites for hydroxylation is 1. The maximum absolute atomic E-state index is 12.1. The molecule has 6 nitrogen and oxygen atoms in total. The van der Waals surface area contributed by atoms with Gasteiger partial charge < -0.3 is 10.3 Å². The van der Waals surface area contributed by atoms with E-state index in [-0.39, 0.29) is 12.5 Å². The maximum Gasteiger partial charge on any atom is 0.259 e. The van der Waals surface area contributed by atoms with E-state index in [9.17, 15) is 4.79 Å². The van der Waals surface area contributed by atoms with E-state index in [1.165, 1.54) is 6.20 Å².